The van der Waals surface area contributed by atoms with Gasteiger partial charge in [0.2, 0.25) is 5.95 Å². The van der Waals surface area contributed by atoms with Crippen LogP contribution in [0.1, 0.15) is 19.9 Å². The van der Waals surface area contributed by atoms with E-state index in [4.69, 9.17) is 0 Å². The summed E-state index contributed by atoms with van der Waals surface area (Å²) in [5, 5.41) is 8.01. The summed E-state index contributed by atoms with van der Waals surface area (Å²) >= 11 is 0. The van der Waals surface area contributed by atoms with E-state index in [9.17, 15) is 9.59 Å². The van der Waals surface area contributed by atoms with E-state index in [0.717, 1.165) is 37.7 Å². The maximum Gasteiger partial charge on any atom is 0.278 e. The maximum atomic E-state index is 13.2. The summed E-state index contributed by atoms with van der Waals surface area (Å²) in [6.45, 7) is 11.6. The molecular formula is C25H30N10O2. The fourth-order valence-corrected chi connectivity index (χ4v) is 4.32. The normalized spacial score (nSPS) is 14.4. The van der Waals surface area contributed by atoms with Gasteiger partial charge in [-0.2, -0.15) is 4.98 Å². The smallest absolute Gasteiger partial charge is 0.278 e. The van der Waals surface area contributed by atoms with Gasteiger partial charge in [-0.1, -0.05) is 6.08 Å². The Hall–Kier alpha value is -4.32. The van der Waals surface area contributed by atoms with Crippen molar-refractivity contribution in [2.24, 2.45) is 0 Å². The summed E-state index contributed by atoms with van der Waals surface area (Å²) in [6, 6.07) is 6.77. The van der Waals surface area contributed by atoms with E-state index in [1.807, 2.05) is 26.0 Å². The van der Waals surface area contributed by atoms with Gasteiger partial charge in [0.25, 0.3) is 11.1 Å². The lowest BCUT2D eigenvalue weighted by Crippen LogP contribution is -2.44. The van der Waals surface area contributed by atoms with E-state index >= 15 is 0 Å². The fourth-order valence-electron chi connectivity index (χ4n) is 4.32. The molecule has 0 spiro atoms. The molecule has 1 fully saturated rings. The van der Waals surface area contributed by atoms with Crippen molar-refractivity contribution >= 4 is 28.5 Å². The number of fused-ring (bicyclic) bond motifs is 1. The monoisotopic (exact) mass is 502 g/mol. The van der Waals surface area contributed by atoms with Crippen LogP contribution < -0.4 is 21.3 Å². The van der Waals surface area contributed by atoms with E-state index in [1.54, 1.807) is 23.0 Å². The minimum atomic E-state index is -0.274. The van der Waals surface area contributed by atoms with Crippen LogP contribution in [0, 0.1) is 0 Å². The van der Waals surface area contributed by atoms with Gasteiger partial charge in [-0.25, -0.2) is 24.0 Å². The Bertz CT molecular complexity index is 1540. The minimum Gasteiger partial charge on any atom is -0.354 e. The van der Waals surface area contributed by atoms with E-state index < -0.39 is 0 Å². The van der Waals surface area contributed by atoms with Gasteiger partial charge in [0.1, 0.15) is 11.2 Å². The quantitative estimate of drug-likeness (QED) is 0.377. The molecule has 0 unspecified atom stereocenters. The van der Waals surface area contributed by atoms with Gasteiger partial charge in [0, 0.05) is 38.4 Å². The van der Waals surface area contributed by atoms with Crippen molar-refractivity contribution in [2.45, 2.75) is 26.4 Å². The molecule has 192 valence electrons. The van der Waals surface area contributed by atoms with Crippen LogP contribution in [0.3, 0.4) is 0 Å². The average Bonchev–Trinajstić information content (AvgIpc) is 3.16. The Labute approximate surface area is 213 Å². The number of rotatable bonds is 7. The number of nitrogens with zero attached hydrogens (tertiary/aromatic N) is 9. The minimum absolute atomic E-state index is 0.151. The first kappa shape index (κ1) is 24.4. The second-order valence-electron chi connectivity index (χ2n) is 9.31. The predicted octanol–water partition coefficient (Wildman–Crippen LogP) is 1.80. The van der Waals surface area contributed by atoms with Gasteiger partial charge in [-0.05, 0) is 39.1 Å². The van der Waals surface area contributed by atoms with E-state index in [-0.39, 0.29) is 23.7 Å². The van der Waals surface area contributed by atoms with Gasteiger partial charge in [0.15, 0.2) is 11.5 Å². The van der Waals surface area contributed by atoms with E-state index in [0.29, 0.717) is 22.8 Å². The summed E-state index contributed by atoms with van der Waals surface area (Å²) < 4.78 is 4.44. The Morgan fingerprint density at radius 3 is 2.46 bits per heavy atom. The lowest BCUT2D eigenvalue weighted by Gasteiger charge is -2.33. The van der Waals surface area contributed by atoms with Crippen molar-refractivity contribution in [1.29, 1.82) is 0 Å². The van der Waals surface area contributed by atoms with Crippen molar-refractivity contribution in [3.05, 3.63) is 70.0 Å². The first-order chi connectivity index (χ1) is 17.9. The summed E-state index contributed by atoms with van der Waals surface area (Å²) in [5.41, 5.74) is 0.594. The van der Waals surface area contributed by atoms with Gasteiger partial charge in [-0.3, -0.25) is 9.59 Å². The summed E-state index contributed by atoms with van der Waals surface area (Å²) in [4.78, 5) is 43.6. The number of piperazine rings is 1. The number of allylic oxidation sites excluding steroid dienone is 1. The van der Waals surface area contributed by atoms with Gasteiger partial charge < -0.3 is 15.1 Å². The Morgan fingerprint density at radius 1 is 1.03 bits per heavy atom. The van der Waals surface area contributed by atoms with Crippen molar-refractivity contribution in [3.8, 4) is 5.82 Å². The molecule has 0 saturated carbocycles. The molecule has 4 aromatic heterocycles. The molecule has 12 heteroatoms. The lowest BCUT2D eigenvalue weighted by atomic mass is 10.3. The largest absolute Gasteiger partial charge is 0.354 e. The molecule has 0 amide bonds. The van der Waals surface area contributed by atoms with Crippen LogP contribution in [0.4, 0.5) is 17.5 Å². The van der Waals surface area contributed by atoms with Crippen molar-refractivity contribution in [3.63, 3.8) is 0 Å². The third-order valence-corrected chi connectivity index (χ3v) is 6.33. The highest BCUT2D eigenvalue weighted by atomic mass is 16.1. The number of likely N-dealkylation sites (N-methyl/N-ethyl adjacent to an activating group) is 1. The number of nitrogens with one attached hydrogen (secondary N) is 1. The molecule has 12 nitrogen and oxygen atoms in total. The zero-order valence-corrected chi connectivity index (χ0v) is 21.2. The molecule has 0 bridgehead atoms. The second-order valence-corrected chi connectivity index (χ2v) is 9.31. The molecule has 1 aliphatic rings. The predicted molar refractivity (Wildman–Crippen MR) is 143 cm³/mol. The first-order valence-electron chi connectivity index (χ1n) is 12.2. The first-order valence-corrected chi connectivity index (χ1v) is 12.2. The highest BCUT2D eigenvalue weighted by molar-refractivity contribution is 5.77. The average molecular weight is 503 g/mol. The molecule has 1 N–H and O–H groups in total. The number of hydrogen-bond donors (Lipinski definition) is 1. The molecule has 5 rings (SSSR count). The second kappa shape index (κ2) is 9.97. The summed E-state index contributed by atoms with van der Waals surface area (Å²) in [7, 11) is 2.12. The van der Waals surface area contributed by atoms with Crippen molar-refractivity contribution in [2.75, 3.05) is 43.4 Å². The lowest BCUT2D eigenvalue weighted by molar-refractivity contribution is 0.312. The van der Waals surface area contributed by atoms with Crippen molar-refractivity contribution in [1.82, 2.24) is 39.0 Å². The van der Waals surface area contributed by atoms with E-state index in [2.05, 4.69) is 48.8 Å². The highest BCUT2D eigenvalue weighted by Crippen LogP contribution is 2.20. The van der Waals surface area contributed by atoms with Crippen LogP contribution in [0.2, 0.25) is 0 Å². The Balaban J connectivity index is 1.51. The highest BCUT2D eigenvalue weighted by Gasteiger charge is 2.19. The topological polar surface area (TPSA) is 119 Å². The standard InChI is InChI=1S/C25H30N10O2/c1-5-10-33-24(37)19-16-27-25(28-18-6-7-20(26-15-18)32-13-11-31(4)12-14-32)29-23(19)35(33)21-8-9-22(36)34(30-21)17(2)3/h5-9,15-17H,1,10-14H2,2-4H3,(H,27,28,29). The molecule has 1 aliphatic heterocycles. The molecule has 37 heavy (non-hydrogen) atoms. The molecule has 4 aromatic rings. The van der Waals surface area contributed by atoms with Gasteiger partial charge in [0.05, 0.1) is 24.5 Å². The Morgan fingerprint density at radius 2 is 1.78 bits per heavy atom. The molecule has 5 heterocycles. The number of anilines is 3. The SMILES string of the molecule is C=CCn1c(=O)c2cnc(Nc3ccc(N4CCN(C)CC4)nc3)nc2n1-c1ccc(=O)n(C(C)C)n1. The molecule has 0 aliphatic carbocycles. The molecule has 0 aromatic carbocycles. The third-order valence-electron chi connectivity index (χ3n) is 6.33. The van der Waals surface area contributed by atoms with Crippen LogP contribution >= 0.6 is 0 Å². The fraction of sp³-hybridized carbons (Fsp3) is 0.360. The van der Waals surface area contributed by atoms with Crippen LogP contribution in [0.25, 0.3) is 16.9 Å². The Kier molecular flexibility index (Phi) is 6.57. The van der Waals surface area contributed by atoms with E-state index in [1.165, 1.54) is 21.6 Å². The summed E-state index contributed by atoms with van der Waals surface area (Å²) in [5.74, 6) is 1.63. The van der Waals surface area contributed by atoms with Gasteiger partial charge in [-0.15, -0.1) is 11.7 Å². The number of aromatic nitrogens is 7. The van der Waals surface area contributed by atoms with Crippen molar-refractivity contribution < 1.29 is 0 Å². The number of hydrogen-bond acceptors (Lipinski definition) is 9. The third kappa shape index (κ3) is 4.75. The van der Waals surface area contributed by atoms with Crippen LogP contribution in [-0.4, -0.2) is 72.2 Å². The zero-order chi connectivity index (χ0) is 26.1. The molecule has 0 radical (unpaired) electrons. The zero-order valence-electron chi connectivity index (χ0n) is 21.2. The molecule has 0 atom stereocenters. The van der Waals surface area contributed by atoms with Crippen LogP contribution in [-0.2, 0) is 6.54 Å². The summed E-state index contributed by atoms with van der Waals surface area (Å²) in [6.07, 6.45) is 4.86. The molecular weight excluding hydrogens is 472 g/mol. The number of pyridine rings is 1. The van der Waals surface area contributed by atoms with Gasteiger partial charge >= 0.3 is 0 Å². The maximum absolute atomic E-state index is 13.2. The van der Waals surface area contributed by atoms with Crippen LogP contribution in [0.15, 0.2) is 58.9 Å². The van der Waals surface area contributed by atoms with Crippen LogP contribution in [0.5, 0.6) is 0 Å². The molecule has 1 saturated heterocycles.